The summed E-state index contributed by atoms with van der Waals surface area (Å²) in [6.45, 7) is 10.0. The maximum Gasteiger partial charge on any atom is 0.236 e. The molecule has 126 valence electrons. The van der Waals surface area contributed by atoms with Crippen LogP contribution in [-0.4, -0.2) is 85.9 Å². The maximum atomic E-state index is 12.4. The van der Waals surface area contributed by atoms with Gasteiger partial charge in [0.25, 0.3) is 0 Å². The van der Waals surface area contributed by atoms with Crippen molar-refractivity contribution in [2.75, 3.05) is 59.4 Å². The van der Waals surface area contributed by atoms with Crippen LogP contribution in [0.5, 0.6) is 0 Å². The Morgan fingerprint density at radius 1 is 1.00 bits per heavy atom. The van der Waals surface area contributed by atoms with Crippen molar-refractivity contribution >= 4 is 11.8 Å². The average Bonchev–Trinajstić information content (AvgIpc) is 2.47. The molecule has 1 N–H and O–H groups in total. The fourth-order valence-electron chi connectivity index (χ4n) is 3.50. The Balaban J connectivity index is 1.76. The van der Waals surface area contributed by atoms with Gasteiger partial charge in [-0.05, 0) is 25.3 Å². The van der Waals surface area contributed by atoms with E-state index in [1.165, 1.54) is 6.42 Å². The Morgan fingerprint density at radius 2 is 1.50 bits per heavy atom. The molecule has 2 atom stereocenters. The van der Waals surface area contributed by atoms with E-state index in [9.17, 15) is 9.59 Å². The van der Waals surface area contributed by atoms with Gasteiger partial charge in [-0.15, -0.1) is 0 Å². The van der Waals surface area contributed by atoms with Crippen molar-refractivity contribution in [2.24, 2.45) is 11.8 Å². The summed E-state index contributed by atoms with van der Waals surface area (Å²) >= 11 is 0. The van der Waals surface area contributed by atoms with Gasteiger partial charge >= 0.3 is 0 Å². The topological polar surface area (TPSA) is 55.9 Å². The van der Waals surface area contributed by atoms with Gasteiger partial charge in [-0.3, -0.25) is 14.5 Å². The lowest BCUT2D eigenvalue weighted by Crippen LogP contribution is -2.51. The zero-order chi connectivity index (χ0) is 16.1. The zero-order valence-electron chi connectivity index (χ0n) is 14.2. The van der Waals surface area contributed by atoms with E-state index in [2.05, 4.69) is 19.2 Å². The minimum atomic E-state index is 0.122. The van der Waals surface area contributed by atoms with Gasteiger partial charge in [-0.2, -0.15) is 0 Å². The fraction of sp³-hybridized carbons (Fsp3) is 0.875. The Labute approximate surface area is 133 Å². The molecule has 2 heterocycles. The molecule has 2 aliphatic heterocycles. The molecule has 0 aromatic carbocycles. The van der Waals surface area contributed by atoms with Gasteiger partial charge in [0.15, 0.2) is 0 Å². The summed E-state index contributed by atoms with van der Waals surface area (Å²) in [5, 5.41) is 3.24. The third-order valence-electron chi connectivity index (χ3n) is 4.50. The second-order valence-electron chi connectivity index (χ2n) is 7.05. The van der Waals surface area contributed by atoms with Crippen LogP contribution in [0.4, 0.5) is 0 Å². The van der Waals surface area contributed by atoms with Crippen LogP contribution >= 0.6 is 0 Å². The first-order valence-corrected chi connectivity index (χ1v) is 8.40. The Morgan fingerprint density at radius 3 is 2.05 bits per heavy atom. The number of amides is 2. The van der Waals surface area contributed by atoms with Gasteiger partial charge < -0.3 is 15.1 Å². The van der Waals surface area contributed by atoms with Gasteiger partial charge in [-0.1, -0.05) is 13.8 Å². The third-order valence-corrected chi connectivity index (χ3v) is 4.50. The molecule has 0 radical (unpaired) electrons. The summed E-state index contributed by atoms with van der Waals surface area (Å²) in [4.78, 5) is 30.3. The molecule has 0 spiro atoms. The van der Waals surface area contributed by atoms with Crippen LogP contribution in [0, 0.1) is 11.8 Å². The van der Waals surface area contributed by atoms with Crippen LogP contribution in [0.1, 0.15) is 20.3 Å². The predicted molar refractivity (Wildman–Crippen MR) is 86.5 cm³/mol. The summed E-state index contributed by atoms with van der Waals surface area (Å²) in [6, 6.07) is 0. The smallest absolute Gasteiger partial charge is 0.236 e. The summed E-state index contributed by atoms with van der Waals surface area (Å²) in [5.74, 6) is 1.41. The van der Waals surface area contributed by atoms with Crippen molar-refractivity contribution in [3.63, 3.8) is 0 Å². The van der Waals surface area contributed by atoms with E-state index in [4.69, 9.17) is 0 Å². The number of nitrogens with zero attached hydrogens (tertiary/aromatic N) is 3. The number of nitrogens with one attached hydrogen (secondary N) is 1. The summed E-state index contributed by atoms with van der Waals surface area (Å²) in [6.07, 6.45) is 1.20. The highest BCUT2D eigenvalue weighted by molar-refractivity contribution is 5.81. The van der Waals surface area contributed by atoms with Crippen molar-refractivity contribution in [1.29, 1.82) is 0 Å². The van der Waals surface area contributed by atoms with Crippen molar-refractivity contribution in [3.05, 3.63) is 0 Å². The molecule has 2 saturated heterocycles. The highest BCUT2D eigenvalue weighted by Crippen LogP contribution is 2.20. The van der Waals surface area contributed by atoms with Crippen LogP contribution in [0.25, 0.3) is 0 Å². The van der Waals surface area contributed by atoms with Gasteiger partial charge in [0.2, 0.25) is 11.8 Å². The molecule has 2 fully saturated rings. The maximum absolute atomic E-state index is 12.4. The van der Waals surface area contributed by atoms with Crippen LogP contribution in [-0.2, 0) is 9.59 Å². The number of piperidine rings is 1. The highest BCUT2D eigenvalue weighted by atomic mass is 16.2. The lowest BCUT2D eigenvalue weighted by molar-refractivity contribution is -0.137. The van der Waals surface area contributed by atoms with E-state index < -0.39 is 0 Å². The molecule has 2 rings (SSSR count). The van der Waals surface area contributed by atoms with Crippen LogP contribution in [0.15, 0.2) is 0 Å². The minimum absolute atomic E-state index is 0.122. The monoisotopic (exact) mass is 310 g/mol. The van der Waals surface area contributed by atoms with E-state index in [0.717, 1.165) is 39.3 Å². The van der Waals surface area contributed by atoms with Crippen LogP contribution in [0.2, 0.25) is 0 Å². The first kappa shape index (κ1) is 17.2. The van der Waals surface area contributed by atoms with E-state index >= 15 is 0 Å². The van der Waals surface area contributed by atoms with Crippen molar-refractivity contribution in [1.82, 2.24) is 20.0 Å². The second-order valence-corrected chi connectivity index (χ2v) is 7.05. The number of likely N-dealkylation sites (N-methyl/N-ethyl adjacent to an activating group) is 1. The third kappa shape index (κ3) is 4.95. The molecule has 22 heavy (non-hydrogen) atoms. The lowest BCUT2D eigenvalue weighted by Gasteiger charge is -2.36. The zero-order valence-corrected chi connectivity index (χ0v) is 14.2. The van der Waals surface area contributed by atoms with E-state index in [1.807, 2.05) is 21.7 Å². The second kappa shape index (κ2) is 7.92. The van der Waals surface area contributed by atoms with Gasteiger partial charge in [0.05, 0.1) is 13.1 Å². The first-order valence-electron chi connectivity index (χ1n) is 8.40. The Kier molecular flexibility index (Phi) is 6.20. The van der Waals surface area contributed by atoms with Crippen LogP contribution < -0.4 is 5.32 Å². The molecule has 0 aromatic heterocycles. The molecule has 0 saturated carbocycles. The minimum Gasteiger partial charge on any atom is -0.341 e. The number of carbonyl (C=O) groups is 2. The highest BCUT2D eigenvalue weighted by Gasteiger charge is 2.26. The summed E-state index contributed by atoms with van der Waals surface area (Å²) in [5.41, 5.74) is 0. The number of likely N-dealkylation sites (tertiary alicyclic amines) is 1. The van der Waals surface area contributed by atoms with Crippen LogP contribution in [0.3, 0.4) is 0 Å². The van der Waals surface area contributed by atoms with E-state index in [0.29, 0.717) is 24.9 Å². The van der Waals surface area contributed by atoms with Crippen molar-refractivity contribution in [3.8, 4) is 0 Å². The molecular formula is C16H30N4O2. The van der Waals surface area contributed by atoms with Crippen molar-refractivity contribution < 1.29 is 9.59 Å². The summed E-state index contributed by atoms with van der Waals surface area (Å²) in [7, 11) is 1.86. The predicted octanol–water partition coefficient (Wildman–Crippen LogP) is -0.145. The largest absolute Gasteiger partial charge is 0.341 e. The molecule has 0 aliphatic carbocycles. The molecular weight excluding hydrogens is 280 g/mol. The molecule has 2 unspecified atom stereocenters. The van der Waals surface area contributed by atoms with Gasteiger partial charge in [0, 0.05) is 39.3 Å². The number of hydrogen-bond donors (Lipinski definition) is 1. The Hall–Kier alpha value is -1.14. The van der Waals surface area contributed by atoms with E-state index in [-0.39, 0.29) is 11.8 Å². The molecule has 6 heteroatoms. The molecule has 2 amide bonds. The number of piperazine rings is 1. The molecule has 6 nitrogen and oxygen atoms in total. The quantitative estimate of drug-likeness (QED) is 0.785. The number of carbonyl (C=O) groups excluding carboxylic acids is 2. The number of rotatable bonds is 4. The lowest BCUT2D eigenvalue weighted by atomic mass is 9.92. The number of hydrogen-bond acceptors (Lipinski definition) is 4. The summed E-state index contributed by atoms with van der Waals surface area (Å²) < 4.78 is 0. The molecule has 0 bridgehead atoms. The van der Waals surface area contributed by atoms with Gasteiger partial charge in [0.1, 0.15) is 0 Å². The average molecular weight is 310 g/mol. The standard InChI is InChI=1S/C16H30N4O2/c1-13-8-14(2)10-20(9-13)16(22)12-18(3)11-15(21)19-6-4-17-5-7-19/h13-14,17H,4-12H2,1-3H3. The molecule has 0 aromatic rings. The van der Waals surface area contributed by atoms with Gasteiger partial charge in [-0.25, -0.2) is 0 Å². The molecule has 2 aliphatic rings. The van der Waals surface area contributed by atoms with Crippen molar-refractivity contribution in [2.45, 2.75) is 20.3 Å². The Bertz CT molecular complexity index is 386. The van der Waals surface area contributed by atoms with E-state index in [1.54, 1.807) is 0 Å². The fourth-order valence-corrected chi connectivity index (χ4v) is 3.50. The SMILES string of the molecule is CC1CC(C)CN(C(=O)CN(C)CC(=O)N2CCNCC2)C1. The normalized spacial score (nSPS) is 26.4. The first-order chi connectivity index (χ1) is 10.5.